The highest BCUT2D eigenvalue weighted by Crippen LogP contribution is 2.35. The Labute approximate surface area is 145 Å². The van der Waals surface area contributed by atoms with Gasteiger partial charge in [-0.15, -0.1) is 0 Å². The number of hydrogen-bond donors (Lipinski definition) is 1. The maximum Gasteiger partial charge on any atom is 0.261 e. The van der Waals surface area contributed by atoms with Gasteiger partial charge in [0.1, 0.15) is 5.82 Å². The Balaban J connectivity index is 1.87. The van der Waals surface area contributed by atoms with E-state index in [0.29, 0.717) is 10.9 Å². The molecule has 6 heteroatoms. The number of pyridine rings is 1. The lowest BCUT2D eigenvalue weighted by Crippen LogP contribution is -2.33. The van der Waals surface area contributed by atoms with Gasteiger partial charge in [-0.25, -0.2) is 4.98 Å². The number of hydrogen-bond acceptors (Lipinski definition) is 5. The molecule has 0 radical (unpaired) electrons. The van der Waals surface area contributed by atoms with E-state index >= 15 is 0 Å². The fourth-order valence-corrected chi connectivity index (χ4v) is 3.64. The number of aromatic nitrogens is 3. The van der Waals surface area contributed by atoms with E-state index in [-0.39, 0.29) is 24.8 Å². The van der Waals surface area contributed by atoms with Crippen molar-refractivity contribution in [3.63, 3.8) is 0 Å². The molecule has 1 aromatic carbocycles. The van der Waals surface area contributed by atoms with E-state index in [1.807, 2.05) is 30.3 Å². The second-order valence-corrected chi connectivity index (χ2v) is 6.22. The number of benzene rings is 1. The van der Waals surface area contributed by atoms with Crippen molar-refractivity contribution in [2.24, 2.45) is 0 Å². The van der Waals surface area contributed by atoms with Crippen molar-refractivity contribution in [3.8, 4) is 0 Å². The molecule has 3 heterocycles. The molecule has 1 aliphatic heterocycles. The Kier molecular flexibility index (Phi) is 4.19. The van der Waals surface area contributed by atoms with Crippen LogP contribution in [-0.2, 0) is 6.54 Å². The second kappa shape index (κ2) is 6.64. The van der Waals surface area contributed by atoms with E-state index in [1.165, 1.54) is 0 Å². The maximum atomic E-state index is 12.9. The van der Waals surface area contributed by atoms with Gasteiger partial charge >= 0.3 is 0 Å². The first kappa shape index (κ1) is 15.8. The van der Waals surface area contributed by atoms with Crippen LogP contribution in [0.2, 0.25) is 0 Å². The number of anilines is 1. The van der Waals surface area contributed by atoms with Gasteiger partial charge in [0, 0.05) is 24.6 Å². The average molecular weight is 336 g/mol. The van der Waals surface area contributed by atoms with Gasteiger partial charge in [0.2, 0.25) is 0 Å². The van der Waals surface area contributed by atoms with Gasteiger partial charge in [-0.2, -0.15) is 0 Å². The summed E-state index contributed by atoms with van der Waals surface area (Å²) in [5.74, 6) is 0.729. The van der Waals surface area contributed by atoms with Gasteiger partial charge in [-0.1, -0.05) is 12.1 Å². The van der Waals surface area contributed by atoms with Crippen LogP contribution in [0.1, 0.15) is 24.7 Å². The minimum atomic E-state index is -0.0884. The summed E-state index contributed by atoms with van der Waals surface area (Å²) in [5, 5.41) is 10.0. The smallest absolute Gasteiger partial charge is 0.261 e. The third-order valence-electron chi connectivity index (χ3n) is 4.76. The molecule has 1 fully saturated rings. The number of nitrogens with zero attached hydrogens (tertiary/aromatic N) is 4. The van der Waals surface area contributed by atoms with Crippen LogP contribution in [0.25, 0.3) is 10.9 Å². The number of aliphatic hydroxyl groups is 1. The van der Waals surface area contributed by atoms with E-state index < -0.39 is 0 Å². The topological polar surface area (TPSA) is 71.2 Å². The quantitative estimate of drug-likeness (QED) is 0.790. The largest absolute Gasteiger partial charge is 0.395 e. The number of aliphatic hydroxyl groups excluding tert-OH is 1. The van der Waals surface area contributed by atoms with Crippen LogP contribution in [0, 0.1) is 0 Å². The SMILES string of the molecule is O=c1c2ccccc2nc(C2CCCN2c2ccncc2)n1CCO. The van der Waals surface area contributed by atoms with E-state index in [1.54, 1.807) is 23.0 Å². The van der Waals surface area contributed by atoms with Gasteiger partial charge < -0.3 is 10.0 Å². The molecule has 0 bridgehead atoms. The van der Waals surface area contributed by atoms with Crippen molar-refractivity contribution in [1.82, 2.24) is 14.5 Å². The first-order valence-electron chi connectivity index (χ1n) is 8.56. The molecule has 3 aromatic rings. The number of para-hydroxylation sites is 1. The van der Waals surface area contributed by atoms with Crippen molar-refractivity contribution in [3.05, 3.63) is 65.0 Å². The highest BCUT2D eigenvalue weighted by atomic mass is 16.3. The molecular weight excluding hydrogens is 316 g/mol. The van der Waals surface area contributed by atoms with Gasteiger partial charge in [-0.3, -0.25) is 14.3 Å². The van der Waals surface area contributed by atoms with Crippen LogP contribution in [0.5, 0.6) is 0 Å². The lowest BCUT2D eigenvalue weighted by Gasteiger charge is -2.28. The van der Waals surface area contributed by atoms with Crippen molar-refractivity contribution in [1.29, 1.82) is 0 Å². The Bertz CT molecular complexity index is 939. The molecule has 128 valence electrons. The third kappa shape index (κ3) is 2.78. The molecule has 1 unspecified atom stereocenters. The minimum Gasteiger partial charge on any atom is -0.395 e. The third-order valence-corrected chi connectivity index (χ3v) is 4.76. The van der Waals surface area contributed by atoms with Crippen LogP contribution in [0.15, 0.2) is 53.6 Å². The molecule has 1 saturated heterocycles. The van der Waals surface area contributed by atoms with Crippen molar-refractivity contribution in [2.45, 2.75) is 25.4 Å². The summed E-state index contributed by atoms with van der Waals surface area (Å²) in [5.41, 5.74) is 1.70. The van der Waals surface area contributed by atoms with Crippen LogP contribution in [0.3, 0.4) is 0 Å². The molecule has 4 rings (SSSR count). The molecule has 1 atom stereocenters. The zero-order valence-corrected chi connectivity index (χ0v) is 13.9. The standard InChI is InChI=1S/C19H20N4O2/c24-13-12-23-18(21-16-5-2-1-4-15(16)19(23)25)17-6-3-11-22(17)14-7-9-20-10-8-14/h1-2,4-5,7-10,17,24H,3,6,11-13H2. The predicted octanol–water partition coefficient (Wildman–Crippen LogP) is 2.13. The molecular formula is C19H20N4O2. The first-order chi connectivity index (χ1) is 12.3. The Morgan fingerprint density at radius 1 is 1.16 bits per heavy atom. The summed E-state index contributed by atoms with van der Waals surface area (Å²) in [4.78, 5) is 24.1. The summed E-state index contributed by atoms with van der Waals surface area (Å²) < 4.78 is 1.63. The van der Waals surface area contributed by atoms with Gasteiger partial charge in [-0.05, 0) is 37.1 Å². The zero-order valence-electron chi connectivity index (χ0n) is 13.9. The van der Waals surface area contributed by atoms with Gasteiger partial charge in [0.15, 0.2) is 0 Å². The van der Waals surface area contributed by atoms with Crippen LogP contribution in [-0.4, -0.2) is 32.8 Å². The average Bonchev–Trinajstić information content (AvgIpc) is 3.14. The van der Waals surface area contributed by atoms with Crippen LogP contribution < -0.4 is 10.5 Å². The summed E-state index contributed by atoms with van der Waals surface area (Å²) in [6.45, 7) is 1.08. The summed E-state index contributed by atoms with van der Waals surface area (Å²) in [6.07, 6.45) is 5.52. The second-order valence-electron chi connectivity index (χ2n) is 6.22. The lowest BCUT2D eigenvalue weighted by atomic mass is 10.1. The summed E-state index contributed by atoms with van der Waals surface area (Å²) in [6, 6.07) is 11.4. The molecule has 0 spiro atoms. The fraction of sp³-hybridized carbons (Fsp3) is 0.316. The zero-order chi connectivity index (χ0) is 17.2. The Morgan fingerprint density at radius 2 is 1.96 bits per heavy atom. The number of rotatable bonds is 4. The van der Waals surface area contributed by atoms with Crippen molar-refractivity contribution >= 4 is 16.6 Å². The summed E-state index contributed by atoms with van der Waals surface area (Å²) in [7, 11) is 0. The number of fused-ring (bicyclic) bond motifs is 1. The van der Waals surface area contributed by atoms with E-state index in [9.17, 15) is 9.90 Å². The maximum absolute atomic E-state index is 12.9. The monoisotopic (exact) mass is 336 g/mol. The molecule has 6 nitrogen and oxygen atoms in total. The highest BCUT2D eigenvalue weighted by molar-refractivity contribution is 5.77. The Hall–Kier alpha value is -2.73. The molecule has 2 aromatic heterocycles. The van der Waals surface area contributed by atoms with E-state index in [2.05, 4.69) is 9.88 Å². The Morgan fingerprint density at radius 3 is 2.76 bits per heavy atom. The fourth-order valence-electron chi connectivity index (χ4n) is 3.64. The molecule has 25 heavy (non-hydrogen) atoms. The van der Waals surface area contributed by atoms with E-state index in [0.717, 1.165) is 30.9 Å². The first-order valence-corrected chi connectivity index (χ1v) is 8.56. The lowest BCUT2D eigenvalue weighted by molar-refractivity contribution is 0.270. The highest BCUT2D eigenvalue weighted by Gasteiger charge is 2.30. The van der Waals surface area contributed by atoms with Crippen LogP contribution in [0.4, 0.5) is 5.69 Å². The molecule has 0 amide bonds. The molecule has 0 aliphatic carbocycles. The predicted molar refractivity (Wildman–Crippen MR) is 96.6 cm³/mol. The minimum absolute atomic E-state index is 0.0197. The molecule has 1 N–H and O–H groups in total. The van der Waals surface area contributed by atoms with Gasteiger partial charge in [0.05, 0.1) is 30.1 Å². The van der Waals surface area contributed by atoms with Crippen molar-refractivity contribution in [2.75, 3.05) is 18.1 Å². The normalized spacial score (nSPS) is 17.3. The summed E-state index contributed by atoms with van der Waals surface area (Å²) >= 11 is 0. The molecule has 0 saturated carbocycles. The van der Waals surface area contributed by atoms with Gasteiger partial charge in [0.25, 0.3) is 5.56 Å². The van der Waals surface area contributed by atoms with Crippen LogP contribution >= 0.6 is 0 Å². The van der Waals surface area contributed by atoms with E-state index in [4.69, 9.17) is 4.98 Å². The van der Waals surface area contributed by atoms with Crippen molar-refractivity contribution < 1.29 is 5.11 Å². The molecule has 1 aliphatic rings.